The van der Waals surface area contributed by atoms with Crippen molar-refractivity contribution in [2.24, 2.45) is 0 Å². The monoisotopic (exact) mass is 361 g/mol. The number of hydrogen-bond acceptors (Lipinski definition) is 5. The van der Waals surface area contributed by atoms with Gasteiger partial charge in [0, 0.05) is 12.6 Å². The molecule has 0 N–H and O–H groups in total. The molecule has 20 heavy (non-hydrogen) atoms. The summed E-state index contributed by atoms with van der Waals surface area (Å²) in [5, 5.41) is 0. The first-order valence-corrected chi connectivity index (χ1v) is 9.82. The predicted molar refractivity (Wildman–Crippen MR) is 76.5 cm³/mol. The Morgan fingerprint density at radius 1 is 1.35 bits per heavy atom. The summed E-state index contributed by atoms with van der Waals surface area (Å²) in [6.45, 7) is 1.11. The third kappa shape index (κ3) is 5.21. The van der Waals surface area contributed by atoms with Gasteiger partial charge in [-0.05, 0) is 32.9 Å². The summed E-state index contributed by atoms with van der Waals surface area (Å²) in [6.07, 6.45) is 0. The van der Waals surface area contributed by atoms with Gasteiger partial charge in [-0.2, -0.15) is 4.08 Å². The molecule has 0 aliphatic carbocycles. The minimum atomic E-state index is -3.94. The molecule has 1 rings (SSSR count). The van der Waals surface area contributed by atoms with Gasteiger partial charge in [0.05, 0.1) is 11.5 Å². The molecule has 0 spiro atoms. The van der Waals surface area contributed by atoms with Crippen molar-refractivity contribution in [1.82, 2.24) is 4.08 Å². The summed E-state index contributed by atoms with van der Waals surface area (Å²) in [5.74, 6) is 0. The van der Waals surface area contributed by atoms with E-state index in [-0.39, 0.29) is 62.9 Å². The number of rotatable bonds is 6. The topological polar surface area (TPSA) is 69.7 Å². The van der Waals surface area contributed by atoms with Crippen LogP contribution in [0.1, 0.15) is 20.8 Å². The second kappa shape index (κ2) is 8.84. The molecule has 1 aromatic carbocycles. The van der Waals surface area contributed by atoms with Crippen LogP contribution in [0.2, 0.25) is 0 Å². The quantitative estimate of drug-likeness (QED) is 0.466. The van der Waals surface area contributed by atoms with E-state index in [1.165, 1.54) is 12.1 Å². The van der Waals surface area contributed by atoms with E-state index < -0.39 is 22.7 Å². The van der Waals surface area contributed by atoms with E-state index >= 15 is 0 Å². The van der Waals surface area contributed by atoms with Gasteiger partial charge in [-0.25, -0.2) is 8.42 Å². The van der Waals surface area contributed by atoms with Gasteiger partial charge in [-0.3, -0.25) is 0 Å². The first-order chi connectivity index (χ1) is 8.73. The summed E-state index contributed by atoms with van der Waals surface area (Å²) < 4.78 is 30.8. The van der Waals surface area contributed by atoms with Crippen LogP contribution < -0.4 is 56.3 Å². The average molecular weight is 361 g/mol. The molecule has 0 radical (unpaired) electrons. The number of nitrogens with zero attached hydrogens (tertiary/aromatic N) is 1. The van der Waals surface area contributed by atoms with E-state index in [1.807, 2.05) is 0 Å². The molecule has 0 aliphatic rings. The zero-order valence-corrected chi connectivity index (χ0v) is 17.7. The largest absolute Gasteiger partial charge is 1.00 e. The maximum atomic E-state index is 12.5. The fraction of sp³-hybridized carbons (Fsp3) is 0.455. The van der Waals surface area contributed by atoms with E-state index in [4.69, 9.17) is 16.3 Å². The number of benzene rings is 1. The molecule has 0 amide bonds. The Kier molecular flexibility index (Phi) is 9.43. The van der Waals surface area contributed by atoms with Crippen molar-refractivity contribution in [3.8, 4) is 0 Å². The van der Waals surface area contributed by atoms with Crippen LogP contribution in [0.3, 0.4) is 0 Å². The van der Waals surface area contributed by atoms with E-state index in [2.05, 4.69) is 0 Å². The molecule has 1 atom stereocenters. The first kappa shape index (κ1) is 21.3. The Labute approximate surface area is 168 Å². The molecule has 0 bridgehead atoms. The minimum Gasteiger partial charge on any atom is -0.789 e. The van der Waals surface area contributed by atoms with Gasteiger partial charge in [-0.15, -0.1) is 0 Å². The molecule has 0 aliphatic heterocycles. The van der Waals surface area contributed by atoms with Crippen LogP contribution in [0.5, 0.6) is 0 Å². The van der Waals surface area contributed by atoms with Gasteiger partial charge in [0.2, 0.25) is 10.0 Å². The van der Waals surface area contributed by atoms with Crippen LogP contribution in [0.15, 0.2) is 35.2 Å². The van der Waals surface area contributed by atoms with Crippen LogP contribution >= 0.6 is 6.64 Å². The van der Waals surface area contributed by atoms with Crippen LogP contribution in [0, 0.1) is 0 Å². The molecule has 0 heterocycles. The van der Waals surface area contributed by atoms with Gasteiger partial charge in [-0.1, -0.05) is 30.0 Å². The SMILES string of the molecule is CCOP([O-])(=S)N(C(C)C)S(=O)(=O)c1ccccc1.[K+]. The summed E-state index contributed by atoms with van der Waals surface area (Å²) in [5.41, 5.74) is 0. The van der Waals surface area contributed by atoms with Gasteiger partial charge in [0.1, 0.15) is 0 Å². The molecule has 0 saturated heterocycles. The Morgan fingerprint density at radius 2 is 1.85 bits per heavy atom. The predicted octanol–water partition coefficient (Wildman–Crippen LogP) is -1.29. The Balaban J connectivity index is 0.00000361. The normalized spacial score (nSPS) is 14.9. The fourth-order valence-electron chi connectivity index (χ4n) is 1.61. The summed E-state index contributed by atoms with van der Waals surface area (Å²) in [6, 6.07) is 7.22. The maximum Gasteiger partial charge on any atom is 1.00 e. The molecular formula is C11H17KNO4PS2. The van der Waals surface area contributed by atoms with Gasteiger partial charge < -0.3 is 9.42 Å². The molecule has 0 aromatic heterocycles. The van der Waals surface area contributed by atoms with Crippen molar-refractivity contribution in [2.75, 3.05) is 6.61 Å². The number of hydrogen-bond donors (Lipinski definition) is 0. The van der Waals surface area contributed by atoms with Crippen LogP contribution in [-0.4, -0.2) is 25.1 Å². The smallest absolute Gasteiger partial charge is 0.789 e. The molecule has 0 fully saturated rings. The van der Waals surface area contributed by atoms with Crippen molar-refractivity contribution >= 4 is 28.5 Å². The van der Waals surface area contributed by atoms with Crippen LogP contribution in [0.25, 0.3) is 0 Å². The molecule has 0 saturated carbocycles. The maximum absolute atomic E-state index is 12.5. The molecule has 108 valence electrons. The van der Waals surface area contributed by atoms with Gasteiger partial charge in [0.15, 0.2) is 0 Å². The zero-order chi connectivity index (χ0) is 14.7. The third-order valence-electron chi connectivity index (χ3n) is 2.26. The van der Waals surface area contributed by atoms with Gasteiger partial charge in [0.25, 0.3) is 0 Å². The molecular weight excluding hydrogens is 344 g/mol. The Bertz CT molecular complexity index is 565. The van der Waals surface area contributed by atoms with Crippen molar-refractivity contribution in [3.05, 3.63) is 30.3 Å². The second-order valence-electron chi connectivity index (χ2n) is 4.07. The minimum absolute atomic E-state index is 0. The molecule has 1 aromatic rings. The molecule has 1 unspecified atom stereocenters. The van der Waals surface area contributed by atoms with E-state index in [9.17, 15) is 13.3 Å². The first-order valence-electron chi connectivity index (χ1n) is 5.79. The van der Waals surface area contributed by atoms with Crippen LogP contribution in [-0.2, 0) is 26.4 Å². The van der Waals surface area contributed by atoms with Crippen molar-refractivity contribution < 1.29 is 69.2 Å². The van der Waals surface area contributed by atoms with Crippen LogP contribution in [0.4, 0.5) is 0 Å². The fourth-order valence-corrected chi connectivity index (χ4v) is 7.04. The Hall–Kier alpha value is 1.34. The standard InChI is InChI=1S/C11H18NO4PS2.K/c1-4-16-17(13,18)12(10(2)3)19(14,15)11-8-6-5-7-9-11;/h5-10H,4H2,1-3H3,(H,13,18);/q;+1/p-1. The Morgan fingerprint density at radius 3 is 2.25 bits per heavy atom. The zero-order valence-electron chi connectivity index (χ0n) is 12.0. The van der Waals surface area contributed by atoms with E-state index in [1.54, 1.807) is 39.0 Å². The van der Waals surface area contributed by atoms with E-state index in [0.717, 1.165) is 4.08 Å². The average Bonchev–Trinajstić information content (AvgIpc) is 2.28. The van der Waals surface area contributed by atoms with Crippen molar-refractivity contribution in [1.29, 1.82) is 0 Å². The van der Waals surface area contributed by atoms with Crippen molar-refractivity contribution in [3.63, 3.8) is 0 Å². The molecule has 9 heteroatoms. The molecule has 5 nitrogen and oxygen atoms in total. The second-order valence-corrected chi connectivity index (χ2v) is 9.17. The van der Waals surface area contributed by atoms with Gasteiger partial charge >= 0.3 is 51.4 Å². The summed E-state index contributed by atoms with van der Waals surface area (Å²) in [7, 11) is -3.94. The third-order valence-corrected chi connectivity index (χ3v) is 8.02. The van der Waals surface area contributed by atoms with Crippen molar-refractivity contribution in [2.45, 2.75) is 31.7 Å². The summed E-state index contributed by atoms with van der Waals surface area (Å²) >= 11 is 4.87. The van der Waals surface area contributed by atoms with E-state index in [0.29, 0.717) is 0 Å². The number of sulfonamides is 1. The summed E-state index contributed by atoms with van der Waals surface area (Å²) in [4.78, 5) is 12.4.